The zero-order chi connectivity index (χ0) is 23.4. The van der Waals surface area contributed by atoms with Crippen LogP contribution in [0.3, 0.4) is 0 Å². The highest BCUT2D eigenvalue weighted by Crippen LogP contribution is 2.42. The summed E-state index contributed by atoms with van der Waals surface area (Å²) in [4.78, 5) is 0. The number of thioether (sulfide) groups is 1. The summed E-state index contributed by atoms with van der Waals surface area (Å²) in [5, 5.41) is 10.5. The molecule has 4 aromatic rings. The lowest BCUT2D eigenvalue weighted by atomic mass is 10.1. The average molecular weight is 547 g/mol. The Labute approximate surface area is 210 Å². The van der Waals surface area contributed by atoms with Gasteiger partial charge < -0.3 is 14.2 Å². The number of aromatic nitrogens is 3. The maximum atomic E-state index is 6.36. The lowest BCUT2D eigenvalue weighted by molar-refractivity contribution is 0.324. The number of methoxy groups -OCH3 is 3. The van der Waals surface area contributed by atoms with E-state index in [0.717, 1.165) is 31.5 Å². The van der Waals surface area contributed by atoms with Gasteiger partial charge in [-0.15, -0.1) is 10.2 Å². The Morgan fingerprint density at radius 3 is 2.18 bits per heavy atom. The molecule has 0 saturated heterocycles. The third-order valence-electron chi connectivity index (χ3n) is 4.96. The predicted octanol–water partition coefficient (Wildman–Crippen LogP) is 6.67. The molecule has 4 rings (SSSR count). The maximum absolute atomic E-state index is 6.36. The predicted molar refractivity (Wildman–Crippen MR) is 135 cm³/mol. The molecular formula is C24H21BrClN3O3S. The third kappa shape index (κ3) is 4.98. The van der Waals surface area contributed by atoms with Crippen molar-refractivity contribution in [2.75, 3.05) is 21.3 Å². The summed E-state index contributed by atoms with van der Waals surface area (Å²) in [7, 11) is 4.75. The number of hydrogen-bond donors (Lipinski definition) is 0. The second kappa shape index (κ2) is 10.5. The molecule has 0 radical (unpaired) electrons. The topological polar surface area (TPSA) is 58.4 Å². The molecule has 1 aromatic heterocycles. The maximum Gasteiger partial charge on any atom is 0.203 e. The number of benzene rings is 3. The minimum atomic E-state index is 0.520. The number of rotatable bonds is 8. The Kier molecular flexibility index (Phi) is 7.47. The van der Waals surface area contributed by atoms with Crippen LogP contribution in [0.5, 0.6) is 17.2 Å². The van der Waals surface area contributed by atoms with Gasteiger partial charge in [0.1, 0.15) is 0 Å². The molecule has 0 spiro atoms. The van der Waals surface area contributed by atoms with Crippen molar-refractivity contribution >= 4 is 39.3 Å². The van der Waals surface area contributed by atoms with Gasteiger partial charge in [0, 0.05) is 26.5 Å². The van der Waals surface area contributed by atoms with E-state index in [1.54, 1.807) is 33.1 Å². The summed E-state index contributed by atoms with van der Waals surface area (Å²) < 4.78 is 19.5. The second-order valence-corrected chi connectivity index (χ2v) is 9.18. The van der Waals surface area contributed by atoms with Crippen LogP contribution in [0.1, 0.15) is 5.56 Å². The average Bonchev–Trinajstić information content (AvgIpc) is 3.27. The molecule has 1 heterocycles. The van der Waals surface area contributed by atoms with Crippen LogP contribution in [0, 0.1) is 0 Å². The largest absolute Gasteiger partial charge is 0.493 e. The van der Waals surface area contributed by atoms with Gasteiger partial charge >= 0.3 is 0 Å². The van der Waals surface area contributed by atoms with Gasteiger partial charge in [-0.25, -0.2) is 0 Å². The van der Waals surface area contributed by atoms with Crippen LogP contribution in [0.15, 0.2) is 70.3 Å². The monoisotopic (exact) mass is 545 g/mol. The fraction of sp³-hybridized carbons (Fsp3) is 0.167. The molecule has 6 nitrogen and oxygen atoms in total. The fourth-order valence-corrected chi connectivity index (χ4v) is 4.84. The molecule has 33 heavy (non-hydrogen) atoms. The first kappa shape index (κ1) is 23.5. The van der Waals surface area contributed by atoms with E-state index in [1.807, 2.05) is 65.2 Å². The highest BCUT2D eigenvalue weighted by molar-refractivity contribution is 9.10. The molecule has 0 atom stereocenters. The van der Waals surface area contributed by atoms with Crippen molar-refractivity contribution in [3.8, 4) is 34.3 Å². The summed E-state index contributed by atoms with van der Waals surface area (Å²) in [5.74, 6) is 2.92. The molecule has 170 valence electrons. The van der Waals surface area contributed by atoms with Crippen LogP contribution < -0.4 is 14.2 Å². The lowest BCUT2D eigenvalue weighted by Crippen LogP contribution is -2.01. The van der Waals surface area contributed by atoms with Crippen LogP contribution in [0.25, 0.3) is 17.1 Å². The second-order valence-electron chi connectivity index (χ2n) is 6.91. The van der Waals surface area contributed by atoms with Gasteiger partial charge in [-0.1, -0.05) is 57.5 Å². The minimum Gasteiger partial charge on any atom is -0.493 e. The normalized spacial score (nSPS) is 10.8. The van der Waals surface area contributed by atoms with E-state index in [4.69, 9.17) is 25.8 Å². The smallest absolute Gasteiger partial charge is 0.203 e. The van der Waals surface area contributed by atoms with Gasteiger partial charge in [0.2, 0.25) is 5.75 Å². The number of hydrogen-bond acceptors (Lipinski definition) is 6. The summed E-state index contributed by atoms with van der Waals surface area (Å²) in [6.45, 7) is 0. The molecule has 0 saturated carbocycles. The van der Waals surface area contributed by atoms with Crippen molar-refractivity contribution in [2.24, 2.45) is 0 Å². The quantitative estimate of drug-likeness (QED) is 0.230. The molecule has 0 aliphatic carbocycles. The summed E-state index contributed by atoms with van der Waals surface area (Å²) in [6, 6.07) is 19.5. The van der Waals surface area contributed by atoms with E-state index < -0.39 is 0 Å². The van der Waals surface area contributed by atoms with Crippen LogP contribution in [-0.4, -0.2) is 36.1 Å². The van der Waals surface area contributed by atoms with Crippen molar-refractivity contribution in [1.82, 2.24) is 14.8 Å². The van der Waals surface area contributed by atoms with Crippen LogP contribution in [0.2, 0.25) is 5.02 Å². The molecule has 0 aliphatic heterocycles. The first-order valence-electron chi connectivity index (χ1n) is 9.93. The first-order valence-corrected chi connectivity index (χ1v) is 12.1. The number of nitrogens with zero attached hydrogens (tertiary/aromatic N) is 3. The summed E-state index contributed by atoms with van der Waals surface area (Å²) in [6.07, 6.45) is 0. The molecule has 0 amide bonds. The SMILES string of the molecule is COc1cc(-c2nnc(SCc3ccccc3Cl)n2-c2ccc(Br)cc2)cc(OC)c1OC. The standard InChI is InChI=1S/C24H21BrClN3O3S/c1-30-20-12-16(13-21(31-2)22(20)32-3)23-27-28-24(29(23)18-10-8-17(25)9-11-18)33-14-15-6-4-5-7-19(15)26/h4-13H,14H2,1-3H3. The van der Waals surface area contributed by atoms with Crippen molar-refractivity contribution in [3.63, 3.8) is 0 Å². The minimum absolute atomic E-state index is 0.520. The molecular weight excluding hydrogens is 526 g/mol. The van der Waals surface area contributed by atoms with Crippen molar-refractivity contribution < 1.29 is 14.2 Å². The fourth-order valence-electron chi connectivity index (χ4n) is 3.34. The molecule has 0 N–H and O–H groups in total. The Morgan fingerprint density at radius 2 is 1.58 bits per heavy atom. The number of halogens is 2. The molecule has 0 aliphatic rings. The van der Waals surface area contributed by atoms with Crippen molar-refractivity contribution in [1.29, 1.82) is 0 Å². The van der Waals surface area contributed by atoms with E-state index in [1.165, 1.54) is 0 Å². The Balaban J connectivity index is 1.82. The van der Waals surface area contributed by atoms with Gasteiger partial charge in [0.15, 0.2) is 22.5 Å². The zero-order valence-electron chi connectivity index (χ0n) is 18.2. The summed E-state index contributed by atoms with van der Waals surface area (Å²) >= 11 is 11.4. The van der Waals surface area contributed by atoms with Gasteiger partial charge in [-0.3, -0.25) is 4.57 Å². The first-order chi connectivity index (χ1) is 16.0. The van der Waals surface area contributed by atoms with Crippen LogP contribution >= 0.6 is 39.3 Å². The van der Waals surface area contributed by atoms with Crippen LogP contribution in [0.4, 0.5) is 0 Å². The highest BCUT2D eigenvalue weighted by Gasteiger charge is 2.21. The third-order valence-corrected chi connectivity index (χ3v) is 6.83. The molecule has 0 unspecified atom stereocenters. The summed E-state index contributed by atoms with van der Waals surface area (Å²) in [5.41, 5.74) is 2.74. The molecule has 9 heteroatoms. The van der Waals surface area contributed by atoms with E-state index in [2.05, 4.69) is 26.1 Å². The van der Waals surface area contributed by atoms with E-state index in [9.17, 15) is 0 Å². The lowest BCUT2D eigenvalue weighted by Gasteiger charge is -2.15. The van der Waals surface area contributed by atoms with E-state index in [0.29, 0.717) is 28.8 Å². The van der Waals surface area contributed by atoms with Crippen molar-refractivity contribution in [3.05, 3.63) is 75.7 Å². The van der Waals surface area contributed by atoms with Gasteiger partial charge in [-0.2, -0.15) is 0 Å². The Morgan fingerprint density at radius 1 is 0.909 bits per heavy atom. The van der Waals surface area contributed by atoms with Crippen LogP contribution in [-0.2, 0) is 5.75 Å². The molecule has 0 fully saturated rings. The number of ether oxygens (including phenoxy) is 3. The Hall–Kier alpha value is -2.68. The van der Waals surface area contributed by atoms with Gasteiger partial charge in [-0.05, 0) is 48.0 Å². The highest BCUT2D eigenvalue weighted by atomic mass is 79.9. The van der Waals surface area contributed by atoms with Gasteiger partial charge in [0.25, 0.3) is 0 Å². The van der Waals surface area contributed by atoms with Crippen molar-refractivity contribution in [2.45, 2.75) is 10.9 Å². The molecule has 0 bridgehead atoms. The van der Waals surface area contributed by atoms with E-state index in [-0.39, 0.29) is 0 Å². The van der Waals surface area contributed by atoms with E-state index >= 15 is 0 Å². The zero-order valence-corrected chi connectivity index (χ0v) is 21.4. The molecule has 3 aromatic carbocycles. The Bertz CT molecular complexity index is 1240. The van der Waals surface area contributed by atoms with Gasteiger partial charge in [0.05, 0.1) is 21.3 Å².